The van der Waals surface area contributed by atoms with Gasteiger partial charge in [0.25, 0.3) is 0 Å². The van der Waals surface area contributed by atoms with E-state index in [1.165, 1.54) is 18.2 Å². The Kier molecular flexibility index (Phi) is 7.60. The first kappa shape index (κ1) is 24.1. The fourth-order valence-corrected chi connectivity index (χ4v) is 2.53. The minimum atomic E-state index is -4.94. The molecule has 0 aliphatic carbocycles. The van der Waals surface area contributed by atoms with Crippen molar-refractivity contribution >= 4 is 33.6 Å². The van der Waals surface area contributed by atoms with Crippen LogP contribution >= 0.6 is 15.9 Å². The molecule has 31 heavy (non-hydrogen) atoms. The van der Waals surface area contributed by atoms with Crippen molar-refractivity contribution in [2.75, 3.05) is 19.5 Å². The van der Waals surface area contributed by atoms with Gasteiger partial charge in [-0.05, 0) is 40.2 Å². The molecule has 0 aliphatic heterocycles. The number of alkyl halides is 3. The average molecular weight is 510 g/mol. The van der Waals surface area contributed by atoms with Gasteiger partial charge < -0.3 is 19.5 Å². The highest BCUT2D eigenvalue weighted by Gasteiger charge is 2.33. The second-order valence-corrected chi connectivity index (χ2v) is 6.56. The monoisotopic (exact) mass is 509 g/mol. The Balaban J connectivity index is 2.38. The van der Waals surface area contributed by atoms with Crippen molar-refractivity contribution in [2.45, 2.75) is 6.18 Å². The lowest BCUT2D eigenvalue weighted by atomic mass is 10.2. The maximum Gasteiger partial charge on any atom is 0.416 e. The standard InChI is InChI=1S/C19H13BrF5NO5/c1-29-16(27)8-15(18(28)30-2)26-14-7-10(3-4-11(14)20)31-17-12(21)5-9(6-13(17)22)19(23,24)25/h3-8,26H,1-2H3/b15-8+. The van der Waals surface area contributed by atoms with E-state index < -0.39 is 41.1 Å². The van der Waals surface area contributed by atoms with E-state index >= 15 is 0 Å². The van der Waals surface area contributed by atoms with E-state index in [2.05, 4.69) is 30.7 Å². The molecule has 0 atom stereocenters. The molecule has 0 aliphatic rings. The van der Waals surface area contributed by atoms with Crippen molar-refractivity contribution in [3.63, 3.8) is 0 Å². The molecule has 0 spiro atoms. The molecule has 0 fully saturated rings. The van der Waals surface area contributed by atoms with Crippen LogP contribution in [0.4, 0.5) is 27.6 Å². The Labute approximate surface area is 180 Å². The third-order valence-electron chi connectivity index (χ3n) is 3.62. The third kappa shape index (κ3) is 6.17. The van der Waals surface area contributed by atoms with Crippen molar-refractivity contribution in [2.24, 2.45) is 0 Å². The normalized spacial score (nSPS) is 11.7. The molecular formula is C19H13BrF5NO5. The number of benzene rings is 2. The van der Waals surface area contributed by atoms with Crippen LogP contribution in [0, 0.1) is 11.6 Å². The predicted octanol–water partition coefficient (Wildman–Crippen LogP) is 5.18. The van der Waals surface area contributed by atoms with E-state index in [4.69, 9.17) is 4.74 Å². The van der Waals surface area contributed by atoms with Gasteiger partial charge >= 0.3 is 18.1 Å². The number of esters is 2. The molecular weight excluding hydrogens is 497 g/mol. The molecule has 0 saturated heterocycles. The summed E-state index contributed by atoms with van der Waals surface area (Å²) in [5.74, 6) is -6.17. The number of halogens is 6. The van der Waals surface area contributed by atoms with Crippen LogP contribution in [0.2, 0.25) is 0 Å². The Hall–Kier alpha value is -3.15. The molecule has 1 N–H and O–H groups in total. The minimum absolute atomic E-state index is 0.102. The molecule has 0 amide bonds. The lowest BCUT2D eigenvalue weighted by molar-refractivity contribution is -0.138. The molecule has 166 valence electrons. The van der Waals surface area contributed by atoms with Crippen LogP contribution in [0.25, 0.3) is 0 Å². The number of rotatable bonds is 6. The zero-order valence-corrected chi connectivity index (χ0v) is 17.4. The maximum atomic E-state index is 14.0. The van der Waals surface area contributed by atoms with E-state index in [0.717, 1.165) is 20.3 Å². The summed E-state index contributed by atoms with van der Waals surface area (Å²) in [4.78, 5) is 23.3. The number of hydrogen-bond acceptors (Lipinski definition) is 6. The van der Waals surface area contributed by atoms with Crippen molar-refractivity contribution in [1.29, 1.82) is 0 Å². The van der Waals surface area contributed by atoms with Crippen molar-refractivity contribution < 1.29 is 45.8 Å². The molecule has 2 aromatic carbocycles. The first-order valence-corrected chi connectivity index (χ1v) is 8.94. The largest absolute Gasteiger partial charge is 0.466 e. The van der Waals surface area contributed by atoms with Crippen LogP contribution in [0.1, 0.15) is 5.56 Å². The molecule has 0 aromatic heterocycles. The van der Waals surface area contributed by atoms with Gasteiger partial charge in [-0.1, -0.05) is 0 Å². The Morgan fingerprint density at radius 1 is 1.03 bits per heavy atom. The van der Waals surface area contributed by atoms with Crippen molar-refractivity contribution in [3.8, 4) is 11.5 Å². The van der Waals surface area contributed by atoms with E-state index in [1.54, 1.807) is 0 Å². The lowest BCUT2D eigenvalue weighted by Crippen LogP contribution is -2.15. The summed E-state index contributed by atoms with van der Waals surface area (Å²) in [7, 11) is 2.16. The highest BCUT2D eigenvalue weighted by Crippen LogP contribution is 2.37. The summed E-state index contributed by atoms with van der Waals surface area (Å²) >= 11 is 3.17. The van der Waals surface area contributed by atoms with E-state index in [0.29, 0.717) is 4.47 Å². The summed E-state index contributed by atoms with van der Waals surface area (Å²) in [6.07, 6.45) is -4.13. The summed E-state index contributed by atoms with van der Waals surface area (Å²) < 4.78 is 80.5. The molecule has 0 heterocycles. The highest BCUT2D eigenvalue weighted by atomic mass is 79.9. The minimum Gasteiger partial charge on any atom is -0.466 e. The van der Waals surface area contributed by atoms with E-state index in [9.17, 15) is 31.5 Å². The van der Waals surface area contributed by atoms with Crippen LogP contribution in [0.15, 0.2) is 46.6 Å². The lowest BCUT2D eigenvalue weighted by Gasteiger charge is -2.14. The summed E-state index contributed by atoms with van der Waals surface area (Å²) in [5.41, 5.74) is -1.74. The van der Waals surface area contributed by atoms with Gasteiger partial charge in [0.15, 0.2) is 17.4 Å². The van der Waals surface area contributed by atoms with E-state index in [1.807, 2.05) is 0 Å². The van der Waals surface area contributed by atoms with Gasteiger partial charge in [0.05, 0.1) is 31.5 Å². The highest BCUT2D eigenvalue weighted by molar-refractivity contribution is 9.10. The molecule has 0 unspecified atom stereocenters. The van der Waals surface area contributed by atoms with Gasteiger partial charge in [-0.2, -0.15) is 13.2 Å². The van der Waals surface area contributed by atoms with Crippen LogP contribution in [-0.4, -0.2) is 26.2 Å². The van der Waals surface area contributed by atoms with Gasteiger partial charge in [0.1, 0.15) is 11.4 Å². The van der Waals surface area contributed by atoms with Gasteiger partial charge in [0, 0.05) is 10.5 Å². The molecule has 12 heteroatoms. The Morgan fingerprint density at radius 3 is 2.16 bits per heavy atom. The van der Waals surface area contributed by atoms with Crippen molar-refractivity contribution in [1.82, 2.24) is 0 Å². The number of anilines is 1. The summed E-state index contributed by atoms with van der Waals surface area (Å²) in [6.45, 7) is 0. The van der Waals surface area contributed by atoms with Gasteiger partial charge in [-0.25, -0.2) is 18.4 Å². The van der Waals surface area contributed by atoms with Crippen molar-refractivity contribution in [3.05, 3.63) is 63.8 Å². The molecule has 0 bridgehead atoms. The second-order valence-electron chi connectivity index (χ2n) is 5.71. The zero-order valence-electron chi connectivity index (χ0n) is 15.8. The summed E-state index contributed by atoms with van der Waals surface area (Å²) in [5, 5.41) is 2.57. The quantitative estimate of drug-likeness (QED) is 0.328. The topological polar surface area (TPSA) is 73.9 Å². The first-order chi connectivity index (χ1) is 14.5. The zero-order chi connectivity index (χ0) is 23.3. The second kappa shape index (κ2) is 9.77. The number of carbonyl (C=O) groups is 2. The number of methoxy groups -OCH3 is 2. The first-order valence-electron chi connectivity index (χ1n) is 8.15. The SMILES string of the molecule is COC(=O)/C=C(/Nc1cc(Oc2c(F)cc(C(F)(F)F)cc2F)ccc1Br)C(=O)OC. The van der Waals surface area contributed by atoms with Gasteiger partial charge in [0.2, 0.25) is 0 Å². The maximum absolute atomic E-state index is 14.0. The Morgan fingerprint density at radius 2 is 1.65 bits per heavy atom. The molecule has 2 aromatic rings. The molecule has 6 nitrogen and oxygen atoms in total. The predicted molar refractivity (Wildman–Crippen MR) is 101 cm³/mol. The number of ether oxygens (including phenoxy) is 3. The smallest absolute Gasteiger partial charge is 0.416 e. The van der Waals surface area contributed by atoms with Crippen LogP contribution in [0.3, 0.4) is 0 Å². The summed E-state index contributed by atoms with van der Waals surface area (Å²) in [6, 6.07) is 4.00. The fourth-order valence-electron chi connectivity index (χ4n) is 2.18. The van der Waals surface area contributed by atoms with E-state index in [-0.39, 0.29) is 29.3 Å². The van der Waals surface area contributed by atoms with Crippen LogP contribution in [-0.2, 0) is 25.2 Å². The van der Waals surface area contributed by atoms with Crippen LogP contribution in [0.5, 0.6) is 11.5 Å². The third-order valence-corrected chi connectivity index (χ3v) is 4.31. The fraction of sp³-hybridized carbons (Fsp3) is 0.158. The van der Waals surface area contributed by atoms with Gasteiger partial charge in [-0.15, -0.1) is 0 Å². The molecule has 0 saturated carbocycles. The average Bonchev–Trinajstić information content (AvgIpc) is 2.70. The number of hydrogen-bond donors (Lipinski definition) is 1. The Bertz CT molecular complexity index is 1020. The number of carbonyl (C=O) groups excluding carboxylic acids is 2. The molecule has 0 radical (unpaired) electrons. The number of nitrogens with one attached hydrogen (secondary N) is 1. The molecule has 2 rings (SSSR count). The van der Waals surface area contributed by atoms with Gasteiger partial charge in [-0.3, -0.25) is 0 Å². The van der Waals surface area contributed by atoms with Crippen LogP contribution < -0.4 is 10.1 Å².